The third-order valence-corrected chi connectivity index (χ3v) is 9.37. The van der Waals surface area contributed by atoms with Crippen LogP contribution in [0.3, 0.4) is 0 Å². The second-order valence-corrected chi connectivity index (χ2v) is 12.3. The molecule has 0 heterocycles. The number of ketones is 2. The predicted molar refractivity (Wildman–Crippen MR) is 166 cm³/mol. The van der Waals surface area contributed by atoms with Crippen LogP contribution in [0.15, 0.2) is 42.5 Å². The molecular formula is C36H52O5. The largest absolute Gasteiger partial charge is 0.493 e. The van der Waals surface area contributed by atoms with Gasteiger partial charge >= 0.3 is 0 Å². The molecule has 3 rings (SSSR count). The van der Waals surface area contributed by atoms with Crippen LogP contribution in [-0.2, 0) is 9.53 Å². The zero-order valence-corrected chi connectivity index (χ0v) is 26.6. The smallest absolute Gasteiger partial charge is 0.167 e. The Kier molecular flexibility index (Phi) is 12.0. The normalized spacial score (nSPS) is 20.7. The van der Waals surface area contributed by atoms with E-state index >= 15 is 0 Å². The van der Waals surface area contributed by atoms with E-state index in [-0.39, 0.29) is 29.1 Å². The summed E-state index contributed by atoms with van der Waals surface area (Å²) in [6.07, 6.45) is 4.62. The molecule has 3 atom stereocenters. The van der Waals surface area contributed by atoms with E-state index in [1.54, 1.807) is 0 Å². The minimum atomic E-state index is -0.221. The maximum absolute atomic E-state index is 14.2. The standard InChI is InChI=1S/C36H52O5/c1-9-28-21-36(22-28,24(4)5)23-32(38)31(17-18-41-27(8)29-15-13-12-14-16-29)25(6)30-19-33(39-10-2)35(26(7)37)34(20-30)40-11-3/h12-16,19-20,24-25,27-28,31H,9-11,17-18,21-23H2,1-8H3/t25-,27-,28?,31?,36?/m1/s1. The van der Waals surface area contributed by atoms with Crippen molar-refractivity contribution in [3.8, 4) is 11.5 Å². The Morgan fingerprint density at radius 3 is 1.98 bits per heavy atom. The Morgan fingerprint density at radius 1 is 0.902 bits per heavy atom. The van der Waals surface area contributed by atoms with Gasteiger partial charge in [-0.1, -0.05) is 64.4 Å². The first-order chi connectivity index (χ1) is 19.6. The molecule has 0 radical (unpaired) electrons. The molecule has 41 heavy (non-hydrogen) atoms. The Bertz CT molecular complexity index is 1100. The zero-order chi connectivity index (χ0) is 30.2. The second-order valence-electron chi connectivity index (χ2n) is 12.3. The highest BCUT2D eigenvalue weighted by Crippen LogP contribution is 2.55. The van der Waals surface area contributed by atoms with E-state index in [9.17, 15) is 9.59 Å². The Hall–Kier alpha value is -2.66. The molecule has 0 aliphatic heterocycles. The molecular weight excluding hydrogens is 512 g/mol. The quantitative estimate of drug-likeness (QED) is 0.179. The van der Waals surface area contributed by atoms with Crippen molar-refractivity contribution >= 4 is 11.6 Å². The van der Waals surface area contributed by atoms with Crippen LogP contribution in [0.25, 0.3) is 0 Å². The highest BCUT2D eigenvalue weighted by molar-refractivity contribution is 6.00. The van der Waals surface area contributed by atoms with E-state index in [4.69, 9.17) is 14.2 Å². The van der Waals surface area contributed by atoms with Gasteiger partial charge in [0.25, 0.3) is 0 Å². The van der Waals surface area contributed by atoms with Crippen LogP contribution >= 0.6 is 0 Å². The highest BCUT2D eigenvalue weighted by atomic mass is 16.5. The van der Waals surface area contributed by atoms with Crippen LogP contribution in [0, 0.1) is 23.2 Å². The lowest BCUT2D eigenvalue weighted by Gasteiger charge is -2.51. The Labute approximate surface area is 248 Å². The number of Topliss-reactive ketones (excluding diaryl/α,β-unsaturated/α-hetero) is 2. The molecule has 1 fully saturated rings. The molecule has 5 heteroatoms. The molecule has 0 spiro atoms. The van der Waals surface area contributed by atoms with E-state index in [1.165, 1.54) is 13.3 Å². The van der Waals surface area contributed by atoms with E-state index in [0.29, 0.717) is 61.4 Å². The number of hydrogen-bond acceptors (Lipinski definition) is 5. The fourth-order valence-corrected chi connectivity index (χ4v) is 6.55. The first kappa shape index (κ1) is 32.8. The molecule has 0 N–H and O–H groups in total. The lowest BCUT2D eigenvalue weighted by molar-refractivity contribution is -0.131. The number of ether oxygens (including phenoxy) is 3. The van der Waals surface area contributed by atoms with Gasteiger partial charge in [0.05, 0.1) is 19.3 Å². The highest BCUT2D eigenvalue weighted by Gasteiger charge is 2.47. The molecule has 2 aromatic carbocycles. The monoisotopic (exact) mass is 564 g/mol. The minimum Gasteiger partial charge on any atom is -0.493 e. The summed E-state index contributed by atoms with van der Waals surface area (Å²) in [6.45, 7) is 17.7. The molecule has 1 unspecified atom stereocenters. The second kappa shape index (κ2) is 15.0. The average molecular weight is 565 g/mol. The van der Waals surface area contributed by atoms with Crippen molar-refractivity contribution in [1.82, 2.24) is 0 Å². The van der Waals surface area contributed by atoms with Gasteiger partial charge in [0, 0.05) is 18.9 Å². The molecule has 0 bridgehead atoms. The number of benzene rings is 2. The van der Waals surface area contributed by atoms with Gasteiger partial charge in [0.2, 0.25) is 0 Å². The first-order valence-electron chi connectivity index (χ1n) is 15.7. The summed E-state index contributed by atoms with van der Waals surface area (Å²) in [5, 5.41) is 0. The van der Waals surface area contributed by atoms with Crippen LogP contribution in [0.5, 0.6) is 11.5 Å². The van der Waals surface area contributed by atoms with Gasteiger partial charge in [0.1, 0.15) is 22.8 Å². The lowest BCUT2D eigenvalue weighted by Crippen LogP contribution is -2.44. The van der Waals surface area contributed by atoms with Crippen molar-refractivity contribution in [2.24, 2.45) is 23.2 Å². The van der Waals surface area contributed by atoms with Crippen LogP contribution < -0.4 is 9.47 Å². The molecule has 226 valence electrons. The SMILES string of the molecule is CCOc1cc([C@@H](C)C(CCO[C@H](C)c2ccccc2)C(=O)CC2(C(C)C)CC(CC)C2)cc(OCC)c1C(C)=O. The molecule has 0 aromatic heterocycles. The number of carbonyl (C=O) groups excluding carboxylic acids is 2. The van der Waals surface area contributed by atoms with Gasteiger partial charge in [-0.3, -0.25) is 9.59 Å². The summed E-state index contributed by atoms with van der Waals surface area (Å²) in [4.78, 5) is 26.8. The molecule has 1 aliphatic rings. The summed E-state index contributed by atoms with van der Waals surface area (Å²) < 4.78 is 18.1. The van der Waals surface area contributed by atoms with Gasteiger partial charge in [-0.25, -0.2) is 0 Å². The van der Waals surface area contributed by atoms with E-state index in [2.05, 4.69) is 46.8 Å². The third-order valence-electron chi connectivity index (χ3n) is 9.37. The van der Waals surface area contributed by atoms with Gasteiger partial charge in [-0.2, -0.15) is 0 Å². The lowest BCUT2D eigenvalue weighted by atomic mass is 9.53. The molecule has 1 aliphatic carbocycles. The summed E-state index contributed by atoms with van der Waals surface area (Å²) in [5.41, 5.74) is 2.63. The third kappa shape index (κ3) is 8.00. The van der Waals surface area contributed by atoms with Gasteiger partial charge in [-0.05, 0) is 93.4 Å². The van der Waals surface area contributed by atoms with E-state index in [0.717, 1.165) is 29.9 Å². The van der Waals surface area contributed by atoms with Gasteiger partial charge in [0.15, 0.2) is 5.78 Å². The summed E-state index contributed by atoms with van der Waals surface area (Å²) in [6, 6.07) is 14.1. The molecule has 0 saturated heterocycles. The van der Waals surface area contributed by atoms with Crippen molar-refractivity contribution in [2.75, 3.05) is 19.8 Å². The van der Waals surface area contributed by atoms with Crippen LogP contribution in [0.4, 0.5) is 0 Å². The molecule has 2 aromatic rings. The number of carbonyl (C=O) groups is 2. The first-order valence-corrected chi connectivity index (χ1v) is 15.7. The van der Waals surface area contributed by atoms with E-state index < -0.39 is 0 Å². The summed E-state index contributed by atoms with van der Waals surface area (Å²) in [5.74, 6) is 2.13. The average Bonchev–Trinajstić information content (AvgIpc) is 2.92. The topological polar surface area (TPSA) is 61.8 Å². The molecule has 5 nitrogen and oxygen atoms in total. The van der Waals surface area contributed by atoms with E-state index in [1.807, 2.05) is 44.2 Å². The van der Waals surface area contributed by atoms with Gasteiger partial charge in [-0.15, -0.1) is 0 Å². The molecule has 0 amide bonds. The Balaban J connectivity index is 1.92. The number of rotatable bonds is 17. The zero-order valence-electron chi connectivity index (χ0n) is 26.6. The van der Waals surface area contributed by atoms with Gasteiger partial charge < -0.3 is 14.2 Å². The Morgan fingerprint density at radius 2 is 1.49 bits per heavy atom. The maximum atomic E-state index is 14.2. The van der Waals surface area contributed by atoms with Crippen LogP contribution in [0.2, 0.25) is 0 Å². The maximum Gasteiger partial charge on any atom is 0.167 e. The summed E-state index contributed by atoms with van der Waals surface area (Å²) in [7, 11) is 0. The van der Waals surface area contributed by atoms with Crippen molar-refractivity contribution in [1.29, 1.82) is 0 Å². The fraction of sp³-hybridized carbons (Fsp3) is 0.611. The van der Waals surface area contributed by atoms with Crippen molar-refractivity contribution in [3.63, 3.8) is 0 Å². The molecule has 1 saturated carbocycles. The minimum absolute atomic E-state index is 0.0508. The fourth-order valence-electron chi connectivity index (χ4n) is 6.55. The number of hydrogen-bond donors (Lipinski definition) is 0. The predicted octanol–water partition coefficient (Wildman–Crippen LogP) is 9.00. The van der Waals surface area contributed by atoms with Crippen molar-refractivity contribution in [2.45, 2.75) is 99.5 Å². The summed E-state index contributed by atoms with van der Waals surface area (Å²) >= 11 is 0. The van der Waals surface area contributed by atoms with Crippen molar-refractivity contribution < 1.29 is 23.8 Å². The van der Waals surface area contributed by atoms with Crippen LogP contribution in [-0.4, -0.2) is 31.4 Å². The van der Waals surface area contributed by atoms with Crippen molar-refractivity contribution in [3.05, 3.63) is 59.2 Å². The van der Waals surface area contributed by atoms with Crippen LogP contribution in [0.1, 0.15) is 121 Å².